The van der Waals surface area contributed by atoms with Gasteiger partial charge in [-0.15, -0.1) is 13.2 Å². The summed E-state index contributed by atoms with van der Waals surface area (Å²) in [5.41, 5.74) is -0.909. The number of ether oxygens (including phenoxy) is 1. The Morgan fingerprint density at radius 3 is 2.19 bits per heavy atom. The number of halogens is 7. The van der Waals surface area contributed by atoms with E-state index < -0.39 is 40.8 Å². The summed E-state index contributed by atoms with van der Waals surface area (Å²) in [4.78, 5) is 9.27. The third-order valence-corrected chi connectivity index (χ3v) is 6.29. The fourth-order valence-corrected chi connectivity index (χ4v) is 4.39. The van der Waals surface area contributed by atoms with Crippen molar-refractivity contribution in [3.63, 3.8) is 0 Å². The quantitative estimate of drug-likeness (QED) is 0.444. The fourth-order valence-electron chi connectivity index (χ4n) is 3.24. The molecule has 192 valence electrons. The van der Waals surface area contributed by atoms with Gasteiger partial charge in [-0.05, 0) is 48.5 Å². The van der Waals surface area contributed by atoms with Gasteiger partial charge in [0.25, 0.3) is 0 Å². The highest BCUT2D eigenvalue weighted by Crippen LogP contribution is 2.32. The molecule has 36 heavy (non-hydrogen) atoms. The molecule has 0 bridgehead atoms. The molecule has 0 radical (unpaired) electrons. The van der Waals surface area contributed by atoms with Crippen molar-refractivity contribution in [1.82, 2.24) is 14.3 Å². The number of aromatic nitrogens is 2. The Morgan fingerprint density at radius 1 is 0.917 bits per heavy atom. The maximum atomic E-state index is 13.5. The average Bonchev–Trinajstić information content (AvgIpc) is 3.29. The molecule has 1 aliphatic rings. The van der Waals surface area contributed by atoms with Gasteiger partial charge >= 0.3 is 12.5 Å². The largest absolute Gasteiger partial charge is 0.573 e. The molecule has 3 aromatic rings. The first kappa shape index (κ1) is 25.6. The van der Waals surface area contributed by atoms with E-state index in [1.54, 1.807) is 0 Å². The molecule has 7 nitrogen and oxygen atoms in total. The van der Waals surface area contributed by atoms with Gasteiger partial charge < -0.3 is 15.0 Å². The molecule has 0 aliphatic carbocycles. The second-order valence-electron chi connectivity index (χ2n) is 7.45. The summed E-state index contributed by atoms with van der Waals surface area (Å²) in [6, 6.07) is 10.1. The Kier molecular flexibility index (Phi) is 7.04. The molecule has 4 rings (SSSR count). The van der Waals surface area contributed by atoms with Gasteiger partial charge in [0.15, 0.2) is 5.69 Å². The topological polar surface area (TPSA) is 70.6 Å². The van der Waals surface area contributed by atoms with Crippen LogP contribution in [0.2, 0.25) is 0 Å². The van der Waals surface area contributed by atoms with Crippen LogP contribution in [-0.4, -0.2) is 44.6 Å². The standard InChI is InChI=1S/C21H16F7N5O2S/c22-13-1-3-14(4-2-13)29-18-11-17(20(23,24)25)30-19(31-18)32-9-10-33(12-32)36(34)16-7-5-15(6-8-16)35-21(26,27)28/h1-8,11H,9-10,12H2,(H,29,30,31). The predicted octanol–water partition coefficient (Wildman–Crippen LogP) is 5.08. The summed E-state index contributed by atoms with van der Waals surface area (Å²) in [6.07, 6.45) is -9.65. The Labute approximate surface area is 202 Å². The van der Waals surface area contributed by atoms with E-state index in [4.69, 9.17) is 0 Å². The average molecular weight is 535 g/mol. The first-order valence-corrected chi connectivity index (χ1v) is 11.2. The summed E-state index contributed by atoms with van der Waals surface area (Å²) in [5.74, 6) is -1.46. The van der Waals surface area contributed by atoms with Crippen LogP contribution in [0.25, 0.3) is 0 Å². The third kappa shape index (κ3) is 6.40. The molecule has 1 atom stereocenters. The molecular weight excluding hydrogens is 519 g/mol. The van der Waals surface area contributed by atoms with Crippen LogP contribution >= 0.6 is 0 Å². The number of anilines is 3. The lowest BCUT2D eigenvalue weighted by Crippen LogP contribution is -2.28. The lowest BCUT2D eigenvalue weighted by atomic mass is 10.3. The zero-order chi connectivity index (χ0) is 26.1. The van der Waals surface area contributed by atoms with E-state index in [9.17, 15) is 34.9 Å². The molecule has 1 aliphatic heterocycles. The van der Waals surface area contributed by atoms with E-state index in [1.807, 2.05) is 0 Å². The minimum atomic E-state index is -4.87. The van der Waals surface area contributed by atoms with Crippen LogP contribution in [0.1, 0.15) is 5.69 Å². The minimum Gasteiger partial charge on any atom is -0.406 e. The van der Waals surface area contributed by atoms with Gasteiger partial charge in [0.1, 0.15) is 28.4 Å². The van der Waals surface area contributed by atoms with Gasteiger partial charge in [-0.1, -0.05) is 0 Å². The van der Waals surface area contributed by atoms with Crippen LogP contribution in [0.5, 0.6) is 5.75 Å². The highest BCUT2D eigenvalue weighted by molar-refractivity contribution is 7.82. The van der Waals surface area contributed by atoms with Crippen LogP contribution in [0.4, 0.5) is 48.2 Å². The van der Waals surface area contributed by atoms with Crippen molar-refractivity contribution in [1.29, 1.82) is 0 Å². The van der Waals surface area contributed by atoms with Crippen molar-refractivity contribution in [2.45, 2.75) is 17.4 Å². The van der Waals surface area contributed by atoms with E-state index in [0.717, 1.165) is 24.3 Å². The third-order valence-electron chi connectivity index (χ3n) is 4.85. The Bertz CT molecular complexity index is 1240. The molecule has 1 unspecified atom stereocenters. The highest BCUT2D eigenvalue weighted by atomic mass is 32.2. The van der Waals surface area contributed by atoms with Crippen LogP contribution in [0.3, 0.4) is 0 Å². The van der Waals surface area contributed by atoms with Gasteiger partial charge in [0.2, 0.25) is 5.95 Å². The molecule has 0 saturated carbocycles. The molecule has 1 saturated heterocycles. The summed E-state index contributed by atoms with van der Waals surface area (Å²) in [6.45, 7) is 0.191. The molecule has 0 amide bonds. The number of hydrogen-bond donors (Lipinski definition) is 1. The smallest absolute Gasteiger partial charge is 0.406 e. The number of nitrogens with one attached hydrogen (secondary N) is 1. The van der Waals surface area contributed by atoms with E-state index in [2.05, 4.69) is 20.0 Å². The zero-order valence-corrected chi connectivity index (χ0v) is 18.8. The van der Waals surface area contributed by atoms with Crippen molar-refractivity contribution in [2.24, 2.45) is 0 Å². The molecule has 0 spiro atoms. The van der Waals surface area contributed by atoms with Gasteiger partial charge in [0, 0.05) is 24.8 Å². The minimum absolute atomic E-state index is 0.106. The maximum absolute atomic E-state index is 13.5. The van der Waals surface area contributed by atoms with Gasteiger partial charge in [-0.3, -0.25) is 0 Å². The van der Waals surface area contributed by atoms with Gasteiger partial charge in [0.05, 0.1) is 11.6 Å². The summed E-state index contributed by atoms with van der Waals surface area (Å²) >= 11 is 0. The van der Waals surface area contributed by atoms with Crippen molar-refractivity contribution in [3.8, 4) is 5.75 Å². The molecular formula is C21H16F7N5O2S. The SMILES string of the molecule is O=S(c1ccc(OC(F)(F)F)cc1)N1CCN(c2nc(Nc3ccc(F)cc3)cc(C(F)(F)F)n2)C1. The molecule has 2 aromatic carbocycles. The Hall–Kier alpha value is -3.46. The predicted molar refractivity (Wildman–Crippen MR) is 115 cm³/mol. The molecule has 1 aromatic heterocycles. The molecule has 1 fully saturated rings. The van der Waals surface area contributed by atoms with Gasteiger partial charge in [-0.25, -0.2) is 13.6 Å². The molecule has 15 heteroatoms. The highest BCUT2D eigenvalue weighted by Gasteiger charge is 2.36. The second-order valence-corrected chi connectivity index (χ2v) is 8.93. The van der Waals surface area contributed by atoms with Crippen LogP contribution in [0, 0.1) is 5.82 Å². The summed E-state index contributed by atoms with van der Waals surface area (Å²) < 4.78 is 109. The number of benzene rings is 2. The van der Waals surface area contributed by atoms with Crippen LogP contribution in [0.15, 0.2) is 59.5 Å². The van der Waals surface area contributed by atoms with E-state index >= 15 is 0 Å². The van der Waals surface area contributed by atoms with E-state index in [-0.39, 0.29) is 36.4 Å². The zero-order valence-electron chi connectivity index (χ0n) is 18.0. The van der Waals surface area contributed by atoms with Crippen LogP contribution < -0.4 is 15.0 Å². The first-order chi connectivity index (χ1) is 16.9. The number of nitrogens with zero attached hydrogens (tertiary/aromatic N) is 4. The van der Waals surface area contributed by atoms with E-state index in [0.29, 0.717) is 11.8 Å². The number of rotatable bonds is 6. The Balaban J connectivity index is 1.51. The van der Waals surface area contributed by atoms with Crippen molar-refractivity contribution < 1.29 is 39.7 Å². The van der Waals surface area contributed by atoms with Crippen molar-refractivity contribution >= 4 is 28.4 Å². The monoisotopic (exact) mass is 535 g/mol. The first-order valence-electron chi connectivity index (χ1n) is 10.1. The number of alkyl halides is 6. The fraction of sp³-hybridized carbons (Fsp3) is 0.238. The molecule has 2 heterocycles. The number of hydrogen-bond acceptors (Lipinski definition) is 6. The summed E-state index contributed by atoms with van der Waals surface area (Å²) in [5, 5.41) is 2.68. The lowest BCUT2D eigenvalue weighted by molar-refractivity contribution is -0.274. The summed E-state index contributed by atoms with van der Waals surface area (Å²) in [7, 11) is -1.82. The Morgan fingerprint density at radius 2 is 1.58 bits per heavy atom. The van der Waals surface area contributed by atoms with Crippen molar-refractivity contribution in [2.75, 3.05) is 30.0 Å². The lowest BCUT2D eigenvalue weighted by Gasteiger charge is -2.20. The van der Waals surface area contributed by atoms with Crippen molar-refractivity contribution in [3.05, 3.63) is 66.1 Å². The normalized spacial score (nSPS) is 15.7. The van der Waals surface area contributed by atoms with Gasteiger partial charge in [-0.2, -0.15) is 22.5 Å². The van der Waals surface area contributed by atoms with E-state index in [1.165, 1.54) is 33.5 Å². The van der Waals surface area contributed by atoms with Crippen LogP contribution in [-0.2, 0) is 17.2 Å². The maximum Gasteiger partial charge on any atom is 0.573 e. The molecule has 1 N–H and O–H groups in total. The second kappa shape index (κ2) is 9.89.